The zero-order valence-corrected chi connectivity index (χ0v) is 11.0. The van der Waals surface area contributed by atoms with Gasteiger partial charge in [-0.3, -0.25) is 4.79 Å². The van der Waals surface area contributed by atoms with Crippen molar-refractivity contribution >= 4 is 23.1 Å². The molecule has 0 aromatic heterocycles. The number of hydrogen-bond donors (Lipinski definition) is 1. The normalized spacial score (nSPS) is 11.2. The van der Waals surface area contributed by atoms with Gasteiger partial charge >= 0.3 is 0 Å². The minimum absolute atomic E-state index is 0.0741. The van der Waals surface area contributed by atoms with Crippen LogP contribution >= 0.6 is 12.2 Å². The number of rotatable bonds is 6. The van der Waals surface area contributed by atoms with Crippen molar-refractivity contribution in [3.63, 3.8) is 0 Å². The molecule has 0 fully saturated rings. The molecule has 4 heteroatoms. The molecule has 0 atom stereocenters. The number of carbonyl (C=O) groups excluding carboxylic acids is 1. The van der Waals surface area contributed by atoms with Gasteiger partial charge in [0.1, 0.15) is 0 Å². The van der Waals surface area contributed by atoms with Gasteiger partial charge in [0, 0.05) is 13.1 Å². The number of carbonyl (C=O) groups is 1. The summed E-state index contributed by atoms with van der Waals surface area (Å²) in [4.78, 5) is 14.4. The Morgan fingerprint density at radius 1 is 1.20 bits per heavy atom. The summed E-state index contributed by atoms with van der Waals surface area (Å²) in [6.45, 7) is 9.28. The molecular formula is C11H22N2OS. The molecule has 3 nitrogen and oxygen atoms in total. The highest BCUT2D eigenvalue weighted by atomic mass is 32.1. The lowest BCUT2D eigenvalue weighted by Gasteiger charge is -2.34. The average molecular weight is 230 g/mol. The van der Waals surface area contributed by atoms with E-state index in [1.165, 1.54) is 0 Å². The Labute approximate surface area is 98.0 Å². The van der Waals surface area contributed by atoms with E-state index in [9.17, 15) is 4.79 Å². The van der Waals surface area contributed by atoms with E-state index in [0.717, 1.165) is 0 Å². The van der Waals surface area contributed by atoms with Crippen LogP contribution in [-0.2, 0) is 4.79 Å². The van der Waals surface area contributed by atoms with Crippen molar-refractivity contribution in [2.45, 2.75) is 40.5 Å². The van der Waals surface area contributed by atoms with Gasteiger partial charge < -0.3 is 10.6 Å². The lowest BCUT2D eigenvalue weighted by molar-refractivity contribution is -0.138. The number of nitrogens with two attached hydrogens (primary N) is 1. The molecule has 0 aliphatic rings. The van der Waals surface area contributed by atoms with Crippen LogP contribution in [0, 0.1) is 5.41 Å². The van der Waals surface area contributed by atoms with Crippen molar-refractivity contribution < 1.29 is 4.79 Å². The molecule has 1 amide bonds. The Morgan fingerprint density at radius 2 is 1.60 bits per heavy atom. The highest BCUT2D eigenvalue weighted by Crippen LogP contribution is 2.29. The number of nitrogens with zero attached hydrogens (tertiary/aromatic N) is 1. The van der Waals surface area contributed by atoms with Crippen molar-refractivity contribution in [2.24, 2.45) is 11.1 Å². The largest absolute Gasteiger partial charge is 0.392 e. The van der Waals surface area contributed by atoms with Gasteiger partial charge in [0.2, 0.25) is 5.91 Å². The lowest BCUT2D eigenvalue weighted by atomic mass is 9.80. The van der Waals surface area contributed by atoms with Gasteiger partial charge in [-0.05, 0) is 26.7 Å². The van der Waals surface area contributed by atoms with E-state index in [1.54, 1.807) is 4.90 Å². The molecule has 0 bridgehead atoms. The van der Waals surface area contributed by atoms with E-state index in [4.69, 9.17) is 18.0 Å². The van der Waals surface area contributed by atoms with Crippen LogP contribution in [0.1, 0.15) is 40.5 Å². The number of amides is 1. The average Bonchev–Trinajstić information content (AvgIpc) is 2.22. The van der Waals surface area contributed by atoms with Crippen molar-refractivity contribution in [2.75, 3.05) is 13.1 Å². The molecule has 15 heavy (non-hydrogen) atoms. The Kier molecular flexibility index (Phi) is 5.80. The Hall–Kier alpha value is -0.640. The van der Waals surface area contributed by atoms with Crippen LogP contribution in [0.2, 0.25) is 0 Å². The van der Waals surface area contributed by atoms with Gasteiger partial charge in [0.15, 0.2) is 0 Å². The Balaban J connectivity index is 5.08. The summed E-state index contributed by atoms with van der Waals surface area (Å²) in [5.41, 5.74) is 5.09. The summed E-state index contributed by atoms with van der Waals surface area (Å²) < 4.78 is 0. The van der Waals surface area contributed by atoms with Crippen molar-refractivity contribution in [1.29, 1.82) is 0 Å². The Morgan fingerprint density at radius 3 is 1.80 bits per heavy atom. The second kappa shape index (κ2) is 6.05. The van der Waals surface area contributed by atoms with Gasteiger partial charge in [-0.1, -0.05) is 26.1 Å². The molecular weight excluding hydrogens is 208 g/mol. The first-order valence-corrected chi connectivity index (χ1v) is 6.00. The first-order chi connectivity index (χ1) is 6.99. The minimum atomic E-state index is -0.638. The van der Waals surface area contributed by atoms with Crippen LogP contribution in [0.3, 0.4) is 0 Å². The van der Waals surface area contributed by atoms with Crippen LogP contribution in [-0.4, -0.2) is 28.9 Å². The van der Waals surface area contributed by atoms with Crippen LogP contribution in [0.25, 0.3) is 0 Å². The van der Waals surface area contributed by atoms with Gasteiger partial charge in [0.05, 0.1) is 10.4 Å². The van der Waals surface area contributed by atoms with E-state index >= 15 is 0 Å². The number of thiocarbonyl (C=S) groups is 1. The van der Waals surface area contributed by atoms with E-state index in [0.29, 0.717) is 30.9 Å². The molecule has 0 aromatic carbocycles. The van der Waals surface area contributed by atoms with Gasteiger partial charge in [0.25, 0.3) is 0 Å². The molecule has 0 heterocycles. The molecule has 0 aliphatic heterocycles. The van der Waals surface area contributed by atoms with Crippen molar-refractivity contribution in [3.8, 4) is 0 Å². The molecule has 0 unspecified atom stereocenters. The van der Waals surface area contributed by atoms with E-state index < -0.39 is 5.41 Å². The summed E-state index contributed by atoms with van der Waals surface area (Å²) >= 11 is 5.05. The summed E-state index contributed by atoms with van der Waals surface area (Å²) in [7, 11) is 0. The zero-order valence-electron chi connectivity index (χ0n) is 10.2. The second-order valence-electron chi connectivity index (χ2n) is 3.63. The fourth-order valence-corrected chi connectivity index (χ4v) is 2.20. The van der Waals surface area contributed by atoms with Gasteiger partial charge in [-0.15, -0.1) is 0 Å². The maximum absolute atomic E-state index is 12.3. The summed E-state index contributed by atoms with van der Waals surface area (Å²) in [5.74, 6) is 0.0741. The second-order valence-corrected chi connectivity index (χ2v) is 4.07. The maximum Gasteiger partial charge on any atom is 0.235 e. The van der Waals surface area contributed by atoms with Crippen LogP contribution in [0.4, 0.5) is 0 Å². The predicted octanol–water partition coefficient (Wildman–Crippen LogP) is 1.95. The highest BCUT2D eigenvalue weighted by molar-refractivity contribution is 7.80. The van der Waals surface area contributed by atoms with Gasteiger partial charge in [-0.25, -0.2) is 0 Å². The first kappa shape index (κ1) is 14.4. The fourth-order valence-electron chi connectivity index (χ4n) is 1.82. The molecule has 0 spiro atoms. The van der Waals surface area contributed by atoms with E-state index in [1.807, 2.05) is 27.7 Å². The molecule has 88 valence electrons. The summed E-state index contributed by atoms with van der Waals surface area (Å²) in [6.07, 6.45) is 1.35. The quantitative estimate of drug-likeness (QED) is 0.709. The van der Waals surface area contributed by atoms with Gasteiger partial charge in [-0.2, -0.15) is 0 Å². The fraction of sp³-hybridized carbons (Fsp3) is 0.818. The standard InChI is InChI=1S/C11H22N2OS/c1-5-11(6-2,9(12)15)10(14)13(7-3)8-4/h5-8H2,1-4H3,(H2,12,15). The molecule has 2 N–H and O–H groups in total. The van der Waals surface area contributed by atoms with Crippen LogP contribution < -0.4 is 5.73 Å². The molecule has 0 saturated heterocycles. The van der Waals surface area contributed by atoms with Crippen molar-refractivity contribution in [1.82, 2.24) is 4.90 Å². The third kappa shape index (κ3) is 2.68. The maximum atomic E-state index is 12.3. The zero-order chi connectivity index (χ0) is 12.1. The number of hydrogen-bond acceptors (Lipinski definition) is 2. The predicted molar refractivity (Wildman–Crippen MR) is 67.7 cm³/mol. The molecule has 0 rings (SSSR count). The third-order valence-corrected chi connectivity index (χ3v) is 3.53. The molecule has 0 aromatic rings. The lowest BCUT2D eigenvalue weighted by Crippen LogP contribution is -2.50. The topological polar surface area (TPSA) is 46.3 Å². The summed E-state index contributed by atoms with van der Waals surface area (Å²) in [5, 5.41) is 0. The smallest absolute Gasteiger partial charge is 0.235 e. The molecule has 0 radical (unpaired) electrons. The van der Waals surface area contributed by atoms with E-state index in [2.05, 4.69) is 0 Å². The first-order valence-electron chi connectivity index (χ1n) is 5.59. The minimum Gasteiger partial charge on any atom is -0.392 e. The van der Waals surface area contributed by atoms with E-state index in [-0.39, 0.29) is 5.91 Å². The van der Waals surface area contributed by atoms with Crippen molar-refractivity contribution in [3.05, 3.63) is 0 Å². The molecule has 0 saturated carbocycles. The highest BCUT2D eigenvalue weighted by Gasteiger charge is 2.40. The summed E-state index contributed by atoms with van der Waals surface area (Å²) in [6, 6.07) is 0. The van der Waals surface area contributed by atoms with Crippen LogP contribution in [0.5, 0.6) is 0 Å². The monoisotopic (exact) mass is 230 g/mol. The SMILES string of the molecule is CCN(CC)C(=O)C(CC)(CC)C(N)=S. The van der Waals surface area contributed by atoms with Crippen LogP contribution in [0.15, 0.2) is 0 Å². The molecule has 0 aliphatic carbocycles. The third-order valence-electron chi connectivity index (χ3n) is 3.14. The Bertz CT molecular complexity index is 233.